The van der Waals surface area contributed by atoms with E-state index in [1.165, 1.54) is 50.9 Å². The molecule has 1 aliphatic heterocycles. The van der Waals surface area contributed by atoms with Crippen LogP contribution in [0.4, 0.5) is 0 Å². The van der Waals surface area contributed by atoms with Gasteiger partial charge in [-0.25, -0.2) is 4.98 Å². The van der Waals surface area contributed by atoms with Crippen LogP contribution in [-0.2, 0) is 0 Å². The quantitative estimate of drug-likeness (QED) is 0.900. The highest BCUT2D eigenvalue weighted by Crippen LogP contribution is 2.42. The van der Waals surface area contributed by atoms with Crippen molar-refractivity contribution in [3.63, 3.8) is 0 Å². The number of hydrogen-bond acceptors (Lipinski definition) is 3. The highest BCUT2D eigenvalue weighted by Gasteiger charge is 2.40. The van der Waals surface area contributed by atoms with Crippen LogP contribution in [0.25, 0.3) is 0 Å². The van der Waals surface area contributed by atoms with Crippen molar-refractivity contribution < 1.29 is 0 Å². The van der Waals surface area contributed by atoms with Crippen molar-refractivity contribution in [2.24, 2.45) is 17.6 Å². The van der Waals surface area contributed by atoms with Gasteiger partial charge in [-0.2, -0.15) is 0 Å². The van der Waals surface area contributed by atoms with Gasteiger partial charge in [-0.15, -0.1) is 0 Å². The fourth-order valence-corrected chi connectivity index (χ4v) is 4.21. The molecule has 3 unspecified atom stereocenters. The van der Waals surface area contributed by atoms with Crippen LogP contribution < -0.4 is 5.73 Å². The first-order valence-electron chi connectivity index (χ1n) is 7.82. The highest BCUT2D eigenvalue weighted by atomic mass is 15.2. The Morgan fingerprint density at radius 2 is 1.95 bits per heavy atom. The highest BCUT2D eigenvalue weighted by molar-refractivity contribution is 5.11. The second-order valence-electron chi connectivity index (χ2n) is 6.61. The first kappa shape index (κ1) is 11.9. The molecule has 3 atom stereocenters. The molecule has 19 heavy (non-hydrogen) atoms. The van der Waals surface area contributed by atoms with Crippen LogP contribution in [0.2, 0.25) is 0 Å². The van der Waals surface area contributed by atoms with E-state index in [1.54, 1.807) is 0 Å². The monoisotopic (exact) mass is 260 g/mol. The molecule has 2 heterocycles. The maximum Gasteiger partial charge on any atom is 0.0951 e. The Kier molecular flexibility index (Phi) is 2.88. The lowest BCUT2D eigenvalue weighted by atomic mass is 10.0. The first-order valence-corrected chi connectivity index (χ1v) is 7.82. The minimum Gasteiger partial charge on any atom is -0.330 e. The molecule has 0 amide bonds. The van der Waals surface area contributed by atoms with E-state index in [9.17, 15) is 0 Å². The minimum atomic E-state index is 0.383. The first-order chi connectivity index (χ1) is 9.36. The Labute approximate surface area is 115 Å². The summed E-state index contributed by atoms with van der Waals surface area (Å²) in [5, 5.41) is 0. The molecule has 4 heteroatoms. The molecule has 1 aromatic heterocycles. The molecule has 2 saturated carbocycles. The third-order valence-electron chi connectivity index (χ3n) is 5.40. The minimum absolute atomic E-state index is 0.383. The molecule has 0 aromatic carbocycles. The Balaban J connectivity index is 1.55. The number of hydrogen-bond donors (Lipinski definition) is 1. The van der Waals surface area contributed by atoms with Gasteiger partial charge in [0, 0.05) is 31.9 Å². The maximum absolute atomic E-state index is 6.10. The van der Waals surface area contributed by atoms with Crippen LogP contribution in [0.1, 0.15) is 49.9 Å². The summed E-state index contributed by atoms with van der Waals surface area (Å²) < 4.78 is 2.38. The largest absolute Gasteiger partial charge is 0.330 e. The van der Waals surface area contributed by atoms with E-state index < -0.39 is 0 Å². The summed E-state index contributed by atoms with van der Waals surface area (Å²) in [6, 6.07) is 1.09. The summed E-state index contributed by atoms with van der Waals surface area (Å²) in [5.74, 6) is 1.87. The summed E-state index contributed by atoms with van der Waals surface area (Å²) >= 11 is 0. The van der Waals surface area contributed by atoms with Crippen LogP contribution in [0.3, 0.4) is 0 Å². The number of likely N-dealkylation sites (tertiary alicyclic amines) is 1. The molecule has 2 N–H and O–H groups in total. The van der Waals surface area contributed by atoms with E-state index >= 15 is 0 Å². The average molecular weight is 260 g/mol. The van der Waals surface area contributed by atoms with Crippen molar-refractivity contribution in [1.82, 2.24) is 14.5 Å². The van der Waals surface area contributed by atoms with Crippen molar-refractivity contribution in [3.05, 3.63) is 18.2 Å². The predicted octanol–water partition coefficient (Wildman–Crippen LogP) is 1.95. The van der Waals surface area contributed by atoms with Gasteiger partial charge in [-0.05, 0) is 37.5 Å². The van der Waals surface area contributed by atoms with Crippen molar-refractivity contribution in [2.45, 2.75) is 44.2 Å². The average Bonchev–Trinajstić information content (AvgIpc) is 2.84. The topological polar surface area (TPSA) is 47.1 Å². The third kappa shape index (κ3) is 2.01. The predicted molar refractivity (Wildman–Crippen MR) is 74.7 cm³/mol. The lowest BCUT2D eigenvalue weighted by Gasteiger charge is -2.28. The molecule has 0 spiro atoms. The van der Waals surface area contributed by atoms with E-state index in [-0.39, 0.29) is 0 Å². The van der Waals surface area contributed by atoms with Gasteiger partial charge in [0.1, 0.15) is 0 Å². The van der Waals surface area contributed by atoms with E-state index in [0.29, 0.717) is 12.1 Å². The summed E-state index contributed by atoms with van der Waals surface area (Å²) in [6.07, 6.45) is 11.0. The molecule has 3 aliphatic rings. The number of aromatic nitrogens is 2. The van der Waals surface area contributed by atoms with Crippen LogP contribution in [0.15, 0.2) is 12.5 Å². The molecule has 104 valence electrons. The van der Waals surface area contributed by atoms with E-state index in [1.807, 2.05) is 12.5 Å². The number of nitrogens with two attached hydrogens (primary N) is 1. The summed E-state index contributed by atoms with van der Waals surface area (Å²) in [6.45, 7) is 3.22. The second kappa shape index (κ2) is 4.60. The SMILES string of the molecule is NCC(c1cncn1C1CC1)N1CC2CCCC2C1. The van der Waals surface area contributed by atoms with Gasteiger partial charge >= 0.3 is 0 Å². The molecular weight excluding hydrogens is 236 g/mol. The Bertz CT molecular complexity index is 439. The van der Waals surface area contributed by atoms with Gasteiger partial charge in [0.15, 0.2) is 0 Å². The van der Waals surface area contributed by atoms with Crippen molar-refractivity contribution in [1.29, 1.82) is 0 Å². The van der Waals surface area contributed by atoms with Gasteiger partial charge in [0.25, 0.3) is 0 Å². The molecule has 1 aromatic rings. The maximum atomic E-state index is 6.10. The summed E-state index contributed by atoms with van der Waals surface area (Å²) in [7, 11) is 0. The zero-order valence-electron chi connectivity index (χ0n) is 11.5. The van der Waals surface area contributed by atoms with Crippen LogP contribution >= 0.6 is 0 Å². The fraction of sp³-hybridized carbons (Fsp3) is 0.800. The molecule has 2 aliphatic carbocycles. The second-order valence-corrected chi connectivity index (χ2v) is 6.61. The Hall–Kier alpha value is -0.870. The molecule has 3 fully saturated rings. The van der Waals surface area contributed by atoms with E-state index in [0.717, 1.165) is 18.4 Å². The smallest absolute Gasteiger partial charge is 0.0951 e. The van der Waals surface area contributed by atoms with E-state index in [2.05, 4.69) is 14.5 Å². The Morgan fingerprint density at radius 1 is 1.21 bits per heavy atom. The standard InChI is InChI=1S/C15H24N4/c16-6-14(15-7-17-10-19(15)13-4-5-13)18-8-11-2-1-3-12(11)9-18/h7,10-14H,1-6,8-9,16H2. The zero-order valence-corrected chi connectivity index (χ0v) is 11.5. The fourth-order valence-electron chi connectivity index (χ4n) is 4.21. The van der Waals surface area contributed by atoms with Crippen molar-refractivity contribution in [3.8, 4) is 0 Å². The number of rotatable bonds is 4. The van der Waals surface area contributed by atoms with E-state index in [4.69, 9.17) is 5.73 Å². The summed E-state index contributed by atoms with van der Waals surface area (Å²) in [5.41, 5.74) is 7.45. The van der Waals surface area contributed by atoms with Gasteiger partial charge in [-0.1, -0.05) is 6.42 Å². The molecule has 0 bridgehead atoms. The number of nitrogens with zero attached hydrogens (tertiary/aromatic N) is 3. The third-order valence-corrected chi connectivity index (χ3v) is 5.40. The van der Waals surface area contributed by atoms with Gasteiger partial charge < -0.3 is 10.3 Å². The van der Waals surface area contributed by atoms with Crippen LogP contribution in [-0.4, -0.2) is 34.1 Å². The van der Waals surface area contributed by atoms with Crippen molar-refractivity contribution >= 4 is 0 Å². The van der Waals surface area contributed by atoms with Crippen LogP contribution in [0, 0.1) is 11.8 Å². The molecule has 4 nitrogen and oxygen atoms in total. The number of fused-ring (bicyclic) bond motifs is 1. The normalized spacial score (nSPS) is 32.7. The molecular formula is C15H24N4. The van der Waals surface area contributed by atoms with Crippen molar-refractivity contribution in [2.75, 3.05) is 19.6 Å². The zero-order chi connectivity index (χ0) is 12.8. The Morgan fingerprint density at radius 3 is 2.58 bits per heavy atom. The van der Waals surface area contributed by atoms with Gasteiger partial charge in [0.2, 0.25) is 0 Å². The molecule has 1 saturated heterocycles. The number of imidazole rings is 1. The lowest BCUT2D eigenvalue weighted by molar-refractivity contribution is 0.223. The summed E-state index contributed by atoms with van der Waals surface area (Å²) in [4.78, 5) is 7.01. The van der Waals surface area contributed by atoms with Crippen LogP contribution in [0.5, 0.6) is 0 Å². The lowest BCUT2D eigenvalue weighted by Crippen LogP contribution is -2.34. The molecule has 4 rings (SSSR count). The van der Waals surface area contributed by atoms with Gasteiger partial charge in [0.05, 0.1) is 18.1 Å². The van der Waals surface area contributed by atoms with Gasteiger partial charge in [-0.3, -0.25) is 4.90 Å². The molecule has 0 radical (unpaired) electrons.